The van der Waals surface area contributed by atoms with E-state index in [0.29, 0.717) is 5.88 Å². The number of fused-ring (bicyclic) bond motifs is 3. The molecule has 1 aromatic heterocycles. The molecular formula is C49H19BF20N2O. The maximum Gasteiger partial charge on any atom is 0.285 e. The molecule has 0 aliphatic heterocycles. The molecule has 9 rings (SSSR count). The Balaban J connectivity index is 0.000000216. The Kier molecular flexibility index (Phi) is 13.6. The molecule has 1 heterocycles. The summed E-state index contributed by atoms with van der Waals surface area (Å²) in [5, 5.41) is 4.65. The van der Waals surface area contributed by atoms with Gasteiger partial charge in [-0.3, -0.25) is 0 Å². The van der Waals surface area contributed by atoms with Crippen LogP contribution >= 0.6 is 0 Å². The topological polar surface area (TPSA) is 26.0 Å². The zero-order valence-electron chi connectivity index (χ0n) is 35.5. The Morgan fingerprint density at radius 3 is 1.10 bits per heavy atom. The van der Waals surface area contributed by atoms with E-state index < -0.39 is 144 Å². The van der Waals surface area contributed by atoms with Crippen molar-refractivity contribution in [3.8, 4) is 11.6 Å². The lowest BCUT2D eigenvalue weighted by Crippen LogP contribution is -2.81. The molecule has 374 valence electrons. The summed E-state index contributed by atoms with van der Waals surface area (Å²) in [6.45, 7) is 0.776. The third kappa shape index (κ3) is 8.26. The van der Waals surface area contributed by atoms with Gasteiger partial charge in [-0.05, 0) is 22.2 Å². The van der Waals surface area contributed by atoms with Gasteiger partial charge in [-0.25, -0.2) is 92.8 Å². The highest BCUT2D eigenvalue weighted by Gasteiger charge is 2.52. The maximum atomic E-state index is 15.4. The molecule has 73 heavy (non-hydrogen) atoms. The number of rotatable bonds is 8. The molecule has 0 fully saturated rings. The number of aromatic nitrogens is 2. The fourth-order valence-electron chi connectivity index (χ4n) is 8.45. The molecule has 0 radical (unpaired) electrons. The van der Waals surface area contributed by atoms with E-state index in [1.54, 1.807) is 6.20 Å². The van der Waals surface area contributed by atoms with Gasteiger partial charge in [0.05, 0.1) is 6.20 Å². The molecule has 0 amide bonds. The Labute approximate surface area is 394 Å². The van der Waals surface area contributed by atoms with E-state index in [4.69, 9.17) is 4.74 Å². The number of halogens is 20. The lowest BCUT2D eigenvalue weighted by molar-refractivity contribution is -0.689. The summed E-state index contributed by atoms with van der Waals surface area (Å²) in [7, 11) is 0. The van der Waals surface area contributed by atoms with Crippen molar-refractivity contribution < 1.29 is 97.1 Å². The number of nitrogens with zero attached hydrogens (tertiary/aromatic N) is 2. The summed E-state index contributed by atoms with van der Waals surface area (Å²) in [5.74, 6) is -70.0. The van der Waals surface area contributed by atoms with E-state index in [1.165, 1.54) is 16.3 Å². The molecule has 0 unspecified atom stereocenters. The minimum Gasteiger partial charge on any atom is -0.434 e. The van der Waals surface area contributed by atoms with Crippen LogP contribution in [0.25, 0.3) is 21.5 Å². The molecule has 0 saturated carbocycles. The minimum atomic E-state index is -7.22. The standard InChI is InChI=1S/C25H19N2O.C24BF20/c1-2-8-19(9-3-1)17-27-15-14-26-25(18-27)28-24-16-20-10-4-5-11-21(20)22-12-6-7-13-23(22)24;26-5-1(6(27)14(35)21(42)13(5)34)25(2-7(28)15(36)22(43)16(37)8(2)29,3-9(30)17(38)23(44)18(39)10(3)31)4-11(32)19(40)24(45)20(41)12(4)33/h1-16,18H,17H2;/q+1;-1. The fraction of sp³-hybridized carbons (Fsp3) is 0.0204. The van der Waals surface area contributed by atoms with Crippen LogP contribution in [0.1, 0.15) is 5.56 Å². The number of hydrogen-bond donors (Lipinski definition) is 0. The van der Waals surface area contributed by atoms with Gasteiger partial charge in [-0.1, -0.05) is 78.9 Å². The second-order valence-corrected chi connectivity index (χ2v) is 15.6. The Morgan fingerprint density at radius 1 is 0.370 bits per heavy atom. The van der Waals surface area contributed by atoms with Gasteiger partial charge in [0.1, 0.15) is 58.4 Å². The van der Waals surface area contributed by atoms with E-state index in [2.05, 4.69) is 82.3 Å². The molecule has 0 N–H and O–H groups in total. The zero-order chi connectivity index (χ0) is 53.1. The molecule has 8 aromatic carbocycles. The highest BCUT2D eigenvalue weighted by Crippen LogP contribution is 2.36. The van der Waals surface area contributed by atoms with E-state index >= 15 is 35.1 Å². The van der Waals surface area contributed by atoms with Crippen molar-refractivity contribution in [2.24, 2.45) is 0 Å². The summed E-state index contributed by atoms with van der Waals surface area (Å²) >= 11 is 0. The molecule has 0 aliphatic rings. The predicted octanol–water partition coefficient (Wildman–Crippen LogP) is 11.4. The molecule has 0 spiro atoms. The average molecular weight is 1040 g/mol. The van der Waals surface area contributed by atoms with Crippen molar-refractivity contribution in [1.29, 1.82) is 0 Å². The number of benzene rings is 8. The van der Waals surface area contributed by atoms with E-state index in [0.717, 1.165) is 23.1 Å². The predicted molar refractivity (Wildman–Crippen MR) is 221 cm³/mol. The first-order chi connectivity index (χ1) is 34.6. The van der Waals surface area contributed by atoms with Crippen LogP contribution in [0, 0.1) is 116 Å². The first kappa shape index (κ1) is 51.2. The van der Waals surface area contributed by atoms with Crippen LogP contribution in [0.5, 0.6) is 11.6 Å². The quantitative estimate of drug-likeness (QED) is 0.0379. The monoisotopic (exact) mass is 1040 g/mol. The molecule has 0 aliphatic carbocycles. The average Bonchev–Trinajstić information content (AvgIpc) is 3.39. The molecule has 9 aromatic rings. The largest absolute Gasteiger partial charge is 0.434 e. The van der Waals surface area contributed by atoms with Gasteiger partial charge < -0.3 is 4.74 Å². The third-order valence-corrected chi connectivity index (χ3v) is 11.6. The Morgan fingerprint density at radius 2 is 0.699 bits per heavy atom. The lowest BCUT2D eigenvalue weighted by Gasteiger charge is -2.44. The first-order valence-electron chi connectivity index (χ1n) is 20.3. The lowest BCUT2D eigenvalue weighted by atomic mass is 9.12. The highest BCUT2D eigenvalue weighted by atomic mass is 19.2. The summed E-state index contributed by atoms with van der Waals surface area (Å²) in [6, 6.07) is 29.2. The van der Waals surface area contributed by atoms with E-state index in [-0.39, 0.29) is 0 Å². The summed E-state index contributed by atoms with van der Waals surface area (Å²) in [6.07, 6.45) is -1.54. The van der Waals surface area contributed by atoms with Gasteiger partial charge in [0.25, 0.3) is 5.88 Å². The SMILES string of the molecule is Fc1c(F)c(F)c([B-](c2c(F)c(F)c(F)c(F)c2F)(c2c(F)c(F)c(F)c(F)c2F)c2c(F)c(F)c(F)c(F)c2F)c(F)c1F.c1ccc(C[n+]2ccnc(Oc3cc4ccccc4c4ccccc34)c2)cc1. The number of hydrogen-bond acceptors (Lipinski definition) is 2. The maximum absolute atomic E-state index is 15.4. The molecule has 24 heteroatoms. The van der Waals surface area contributed by atoms with Crippen molar-refractivity contribution >= 4 is 49.5 Å². The third-order valence-electron chi connectivity index (χ3n) is 11.6. The van der Waals surface area contributed by atoms with Crippen LogP contribution in [0.3, 0.4) is 0 Å². The minimum absolute atomic E-state index is 0.582. The second kappa shape index (κ2) is 19.4. The first-order valence-corrected chi connectivity index (χ1v) is 20.3. The molecular weight excluding hydrogens is 1020 g/mol. The van der Waals surface area contributed by atoms with Crippen LogP contribution in [0.2, 0.25) is 0 Å². The highest BCUT2D eigenvalue weighted by molar-refractivity contribution is 7.20. The summed E-state index contributed by atoms with van der Waals surface area (Å²) in [5.41, 5.74) is -13.1. The number of ether oxygens (including phenoxy) is 1. The normalized spacial score (nSPS) is 11.6. The molecule has 3 nitrogen and oxygen atoms in total. The van der Waals surface area contributed by atoms with E-state index in [1.807, 2.05) is 24.5 Å². The van der Waals surface area contributed by atoms with Crippen LogP contribution in [-0.4, -0.2) is 11.1 Å². The van der Waals surface area contributed by atoms with Gasteiger partial charge in [-0.2, -0.15) is 4.57 Å². The van der Waals surface area contributed by atoms with Gasteiger partial charge in [0.15, 0.2) is 82.5 Å². The van der Waals surface area contributed by atoms with Gasteiger partial charge in [0, 0.05) is 10.9 Å². The zero-order valence-corrected chi connectivity index (χ0v) is 35.5. The summed E-state index contributed by atoms with van der Waals surface area (Å²) < 4.78 is 302. The van der Waals surface area contributed by atoms with Crippen LogP contribution in [-0.2, 0) is 6.54 Å². The Bertz CT molecular complexity index is 3330. The second-order valence-electron chi connectivity index (χ2n) is 15.6. The summed E-state index contributed by atoms with van der Waals surface area (Å²) in [4.78, 5) is 4.42. The van der Waals surface area contributed by atoms with Gasteiger partial charge in [0.2, 0.25) is 6.20 Å². The molecule has 0 saturated heterocycles. The van der Waals surface area contributed by atoms with Crippen molar-refractivity contribution in [1.82, 2.24) is 4.98 Å². The Hall–Kier alpha value is -8.18. The van der Waals surface area contributed by atoms with Crippen molar-refractivity contribution in [3.63, 3.8) is 0 Å². The van der Waals surface area contributed by atoms with Crippen LogP contribution in [0.15, 0.2) is 104 Å². The van der Waals surface area contributed by atoms with Crippen molar-refractivity contribution in [3.05, 3.63) is 225 Å². The van der Waals surface area contributed by atoms with Gasteiger partial charge in [-0.15, -0.1) is 21.9 Å². The molecule has 0 atom stereocenters. The van der Waals surface area contributed by atoms with Crippen molar-refractivity contribution in [2.75, 3.05) is 0 Å². The fourth-order valence-corrected chi connectivity index (χ4v) is 8.45. The van der Waals surface area contributed by atoms with Gasteiger partial charge >= 0.3 is 0 Å². The molecule has 0 bridgehead atoms. The van der Waals surface area contributed by atoms with Crippen molar-refractivity contribution in [2.45, 2.75) is 6.54 Å². The van der Waals surface area contributed by atoms with E-state index in [9.17, 15) is 52.7 Å². The smallest absolute Gasteiger partial charge is 0.285 e. The van der Waals surface area contributed by atoms with Crippen LogP contribution in [0.4, 0.5) is 87.8 Å². The van der Waals surface area contributed by atoms with Crippen LogP contribution < -0.4 is 31.2 Å².